The summed E-state index contributed by atoms with van der Waals surface area (Å²) >= 11 is 0. The molecule has 1 aliphatic heterocycles. The molecule has 0 saturated carbocycles. The molecule has 1 aromatic rings. The molecule has 1 fully saturated rings. The van der Waals surface area contributed by atoms with Gasteiger partial charge in [0.1, 0.15) is 0 Å². The predicted octanol–water partition coefficient (Wildman–Crippen LogP) is 1.24. The molecule has 23 heavy (non-hydrogen) atoms. The third kappa shape index (κ3) is 4.76. The number of rotatable bonds is 7. The number of piperidine rings is 1. The van der Waals surface area contributed by atoms with E-state index < -0.39 is 10.0 Å². The zero-order chi connectivity index (χ0) is 16.7. The molecule has 0 spiro atoms. The van der Waals surface area contributed by atoms with Crippen LogP contribution < -0.4 is 5.32 Å². The highest BCUT2D eigenvalue weighted by atomic mass is 32.2. The Labute approximate surface area is 137 Å². The van der Waals surface area contributed by atoms with Crippen LogP contribution in [0.1, 0.15) is 19.3 Å². The zero-order valence-electron chi connectivity index (χ0n) is 13.4. The normalized spacial score (nSPS) is 17.1. The van der Waals surface area contributed by atoms with Crippen LogP contribution in [0.2, 0.25) is 0 Å². The van der Waals surface area contributed by atoms with Gasteiger partial charge in [0.2, 0.25) is 15.9 Å². The van der Waals surface area contributed by atoms with Crippen LogP contribution in [0.25, 0.3) is 0 Å². The first-order valence-corrected chi connectivity index (χ1v) is 9.31. The van der Waals surface area contributed by atoms with Crippen molar-refractivity contribution in [3.63, 3.8) is 0 Å². The van der Waals surface area contributed by atoms with Gasteiger partial charge >= 0.3 is 0 Å². The Morgan fingerprint density at radius 3 is 2.52 bits per heavy atom. The molecule has 0 unspecified atom stereocenters. The molecule has 0 aliphatic carbocycles. The van der Waals surface area contributed by atoms with Crippen LogP contribution in [0.4, 0.5) is 0 Å². The summed E-state index contributed by atoms with van der Waals surface area (Å²) in [6.45, 7) is 1.98. The van der Waals surface area contributed by atoms with Crippen molar-refractivity contribution in [1.82, 2.24) is 9.62 Å². The number of methoxy groups -OCH3 is 1. The SMILES string of the molecule is COCCCNC(=O)C1CCN(S(=O)(=O)c2ccccc2)CC1. The molecule has 0 bridgehead atoms. The summed E-state index contributed by atoms with van der Waals surface area (Å²) in [6.07, 6.45) is 1.90. The Morgan fingerprint density at radius 1 is 1.26 bits per heavy atom. The monoisotopic (exact) mass is 340 g/mol. The van der Waals surface area contributed by atoms with E-state index in [4.69, 9.17) is 4.74 Å². The van der Waals surface area contributed by atoms with Crippen molar-refractivity contribution in [2.75, 3.05) is 33.4 Å². The molecule has 1 saturated heterocycles. The first-order valence-electron chi connectivity index (χ1n) is 7.87. The smallest absolute Gasteiger partial charge is 0.243 e. The van der Waals surface area contributed by atoms with Gasteiger partial charge in [-0.2, -0.15) is 4.31 Å². The summed E-state index contributed by atoms with van der Waals surface area (Å²) in [6, 6.07) is 8.42. The highest BCUT2D eigenvalue weighted by Gasteiger charge is 2.31. The fourth-order valence-corrected chi connectivity index (χ4v) is 4.16. The maximum atomic E-state index is 12.5. The molecule has 0 radical (unpaired) electrons. The lowest BCUT2D eigenvalue weighted by Gasteiger charge is -2.30. The maximum Gasteiger partial charge on any atom is 0.243 e. The molecule has 1 aliphatic rings. The summed E-state index contributed by atoms with van der Waals surface area (Å²) in [5.41, 5.74) is 0. The van der Waals surface area contributed by atoms with E-state index in [9.17, 15) is 13.2 Å². The fraction of sp³-hybridized carbons (Fsp3) is 0.562. The second-order valence-corrected chi connectivity index (χ2v) is 7.57. The molecule has 2 rings (SSSR count). The van der Waals surface area contributed by atoms with Crippen molar-refractivity contribution in [1.29, 1.82) is 0 Å². The minimum atomic E-state index is -3.45. The third-order valence-corrected chi connectivity index (χ3v) is 5.94. The lowest BCUT2D eigenvalue weighted by Crippen LogP contribution is -2.43. The molecule has 0 atom stereocenters. The number of carbonyl (C=O) groups excluding carboxylic acids is 1. The van der Waals surface area contributed by atoms with Crippen LogP contribution in [0.5, 0.6) is 0 Å². The summed E-state index contributed by atoms with van der Waals surface area (Å²) in [7, 11) is -1.82. The first kappa shape index (κ1) is 17.9. The van der Waals surface area contributed by atoms with Crippen molar-refractivity contribution < 1.29 is 17.9 Å². The Kier molecular flexibility index (Phi) is 6.56. The lowest BCUT2D eigenvalue weighted by molar-refractivity contribution is -0.126. The number of hydrogen-bond donors (Lipinski definition) is 1. The van der Waals surface area contributed by atoms with Crippen molar-refractivity contribution in [3.05, 3.63) is 30.3 Å². The van der Waals surface area contributed by atoms with Crippen molar-refractivity contribution in [2.45, 2.75) is 24.2 Å². The van der Waals surface area contributed by atoms with Gasteiger partial charge in [0.15, 0.2) is 0 Å². The Hall–Kier alpha value is -1.44. The van der Waals surface area contributed by atoms with E-state index >= 15 is 0 Å². The Bertz CT molecular complexity index is 596. The Morgan fingerprint density at radius 2 is 1.91 bits per heavy atom. The van der Waals surface area contributed by atoms with Gasteiger partial charge in [-0.1, -0.05) is 18.2 Å². The van der Waals surface area contributed by atoms with E-state index in [1.807, 2.05) is 0 Å². The van der Waals surface area contributed by atoms with Crippen molar-refractivity contribution in [2.24, 2.45) is 5.92 Å². The van der Waals surface area contributed by atoms with Gasteiger partial charge < -0.3 is 10.1 Å². The largest absolute Gasteiger partial charge is 0.385 e. The van der Waals surface area contributed by atoms with E-state index in [1.54, 1.807) is 37.4 Å². The number of nitrogens with zero attached hydrogens (tertiary/aromatic N) is 1. The lowest BCUT2D eigenvalue weighted by atomic mass is 9.97. The summed E-state index contributed by atoms with van der Waals surface area (Å²) in [5, 5.41) is 2.89. The van der Waals surface area contributed by atoms with E-state index in [2.05, 4.69) is 5.32 Å². The minimum absolute atomic E-state index is 0.0119. The number of hydrogen-bond acceptors (Lipinski definition) is 4. The van der Waals surface area contributed by atoms with Gasteiger partial charge in [0, 0.05) is 39.3 Å². The minimum Gasteiger partial charge on any atom is -0.385 e. The van der Waals surface area contributed by atoms with Gasteiger partial charge in [-0.05, 0) is 31.4 Å². The number of amides is 1. The quantitative estimate of drug-likeness (QED) is 0.758. The van der Waals surface area contributed by atoms with Crippen LogP contribution in [-0.4, -0.2) is 52.0 Å². The predicted molar refractivity (Wildman–Crippen MR) is 87.4 cm³/mol. The third-order valence-electron chi connectivity index (χ3n) is 4.03. The molecule has 128 valence electrons. The van der Waals surface area contributed by atoms with E-state index in [-0.39, 0.29) is 11.8 Å². The summed E-state index contributed by atoms with van der Waals surface area (Å²) < 4.78 is 31.4. The molecule has 1 heterocycles. The van der Waals surface area contributed by atoms with Gasteiger partial charge in [0.25, 0.3) is 0 Å². The average molecular weight is 340 g/mol. The van der Waals surface area contributed by atoms with Crippen LogP contribution in [0.15, 0.2) is 35.2 Å². The molecule has 0 aromatic heterocycles. The average Bonchev–Trinajstić information content (AvgIpc) is 2.59. The standard InChI is InChI=1S/C16H24N2O4S/c1-22-13-5-10-17-16(19)14-8-11-18(12-9-14)23(20,21)15-6-3-2-4-7-15/h2-4,6-7,14H,5,8-13H2,1H3,(H,17,19). The molecule has 6 nitrogen and oxygen atoms in total. The molecular formula is C16H24N2O4S. The first-order chi connectivity index (χ1) is 11.1. The van der Waals surface area contributed by atoms with Crippen LogP contribution in [0.3, 0.4) is 0 Å². The maximum absolute atomic E-state index is 12.5. The van der Waals surface area contributed by atoms with E-state index in [1.165, 1.54) is 4.31 Å². The Balaban J connectivity index is 1.85. The summed E-state index contributed by atoms with van der Waals surface area (Å²) in [4.78, 5) is 12.4. The second-order valence-electron chi connectivity index (χ2n) is 5.63. The number of benzene rings is 1. The van der Waals surface area contributed by atoms with Crippen LogP contribution in [-0.2, 0) is 19.6 Å². The summed E-state index contributed by atoms with van der Waals surface area (Å²) in [5.74, 6) is -0.0994. The molecule has 1 aromatic carbocycles. The van der Waals surface area contributed by atoms with Gasteiger partial charge in [-0.15, -0.1) is 0 Å². The highest BCUT2D eigenvalue weighted by Crippen LogP contribution is 2.23. The molecule has 1 amide bonds. The molecule has 7 heteroatoms. The number of nitrogens with one attached hydrogen (secondary N) is 1. The van der Waals surface area contributed by atoms with Crippen molar-refractivity contribution in [3.8, 4) is 0 Å². The topological polar surface area (TPSA) is 75.7 Å². The zero-order valence-corrected chi connectivity index (χ0v) is 14.2. The van der Waals surface area contributed by atoms with E-state index in [0.29, 0.717) is 44.0 Å². The highest BCUT2D eigenvalue weighted by molar-refractivity contribution is 7.89. The fourth-order valence-electron chi connectivity index (χ4n) is 2.67. The number of sulfonamides is 1. The number of carbonyl (C=O) groups is 1. The van der Waals surface area contributed by atoms with E-state index in [0.717, 1.165) is 6.42 Å². The van der Waals surface area contributed by atoms with Crippen LogP contribution in [0, 0.1) is 5.92 Å². The van der Waals surface area contributed by atoms with Crippen LogP contribution >= 0.6 is 0 Å². The van der Waals surface area contributed by atoms with Gasteiger partial charge in [-0.25, -0.2) is 8.42 Å². The molecular weight excluding hydrogens is 316 g/mol. The number of ether oxygens (including phenoxy) is 1. The van der Waals surface area contributed by atoms with Gasteiger partial charge in [0.05, 0.1) is 4.90 Å². The molecule has 1 N–H and O–H groups in total. The van der Waals surface area contributed by atoms with Gasteiger partial charge in [-0.3, -0.25) is 4.79 Å². The van der Waals surface area contributed by atoms with Crippen molar-refractivity contribution >= 4 is 15.9 Å². The second kappa shape index (κ2) is 8.42.